The standard InChI is InChI=1S/C23H22N2O8/c1-12-9-13(2)18(21(27)31-4)19(22(28)32-5)14(12)7-8-15-16(20(26)30-3)11-25(17(15)10-24)23(29)33-6/h7-9,11H,1-6H3/b8-7+. The summed E-state index contributed by atoms with van der Waals surface area (Å²) >= 11 is 0. The molecule has 0 aliphatic carbocycles. The molecule has 2 aromatic rings. The van der Waals surface area contributed by atoms with Crippen LogP contribution in [0.1, 0.15) is 59.0 Å². The molecule has 0 unspecified atom stereocenters. The number of esters is 3. The van der Waals surface area contributed by atoms with Gasteiger partial charge in [0.2, 0.25) is 0 Å². The first kappa shape index (κ1) is 24.9. The van der Waals surface area contributed by atoms with E-state index in [9.17, 15) is 24.4 Å². The number of aromatic nitrogens is 1. The smallest absolute Gasteiger partial charge is 0.418 e. The van der Waals surface area contributed by atoms with Gasteiger partial charge in [-0.2, -0.15) is 5.26 Å². The minimum absolute atomic E-state index is 0.0235. The van der Waals surface area contributed by atoms with Crippen molar-refractivity contribution in [3.63, 3.8) is 0 Å². The number of methoxy groups -OCH3 is 4. The van der Waals surface area contributed by atoms with Crippen molar-refractivity contribution in [1.29, 1.82) is 5.26 Å². The van der Waals surface area contributed by atoms with E-state index in [-0.39, 0.29) is 27.9 Å². The summed E-state index contributed by atoms with van der Waals surface area (Å²) in [6.45, 7) is 3.37. The molecule has 0 fully saturated rings. The number of nitrogens with zero attached hydrogens (tertiary/aromatic N) is 2. The van der Waals surface area contributed by atoms with Gasteiger partial charge in [-0.3, -0.25) is 0 Å². The van der Waals surface area contributed by atoms with Crippen LogP contribution in [0.25, 0.3) is 12.2 Å². The molecule has 0 amide bonds. The maximum absolute atomic E-state index is 12.6. The summed E-state index contributed by atoms with van der Waals surface area (Å²) in [5.74, 6) is -2.30. The lowest BCUT2D eigenvalue weighted by Gasteiger charge is -2.15. The van der Waals surface area contributed by atoms with Gasteiger partial charge in [0.15, 0.2) is 0 Å². The van der Waals surface area contributed by atoms with E-state index in [0.29, 0.717) is 16.7 Å². The summed E-state index contributed by atoms with van der Waals surface area (Å²) < 4.78 is 20.0. The van der Waals surface area contributed by atoms with Gasteiger partial charge in [-0.15, -0.1) is 0 Å². The van der Waals surface area contributed by atoms with E-state index >= 15 is 0 Å². The number of carbonyl (C=O) groups is 4. The summed E-state index contributed by atoms with van der Waals surface area (Å²) in [4.78, 5) is 49.4. The van der Waals surface area contributed by atoms with Crippen LogP contribution in [0.15, 0.2) is 12.3 Å². The van der Waals surface area contributed by atoms with E-state index in [2.05, 4.69) is 4.74 Å². The Morgan fingerprint density at radius 3 is 1.88 bits per heavy atom. The van der Waals surface area contributed by atoms with E-state index in [1.54, 1.807) is 19.9 Å². The van der Waals surface area contributed by atoms with Crippen molar-refractivity contribution in [1.82, 2.24) is 4.57 Å². The van der Waals surface area contributed by atoms with Crippen LogP contribution in [0.4, 0.5) is 4.79 Å². The van der Waals surface area contributed by atoms with Gasteiger partial charge in [0.25, 0.3) is 0 Å². The second-order valence-corrected chi connectivity index (χ2v) is 6.74. The molecule has 0 radical (unpaired) electrons. The second kappa shape index (κ2) is 10.3. The van der Waals surface area contributed by atoms with Gasteiger partial charge < -0.3 is 18.9 Å². The molecule has 33 heavy (non-hydrogen) atoms. The van der Waals surface area contributed by atoms with Crippen molar-refractivity contribution in [2.24, 2.45) is 0 Å². The molecule has 0 bridgehead atoms. The Morgan fingerprint density at radius 2 is 1.36 bits per heavy atom. The summed E-state index contributed by atoms with van der Waals surface area (Å²) in [6, 6.07) is 3.55. The molecule has 0 aliphatic rings. The number of aryl methyl sites for hydroxylation is 2. The van der Waals surface area contributed by atoms with Gasteiger partial charge in [-0.1, -0.05) is 18.2 Å². The molecule has 0 saturated carbocycles. The summed E-state index contributed by atoms with van der Waals surface area (Å²) in [7, 11) is 4.65. The van der Waals surface area contributed by atoms with Crippen LogP contribution in [0.5, 0.6) is 0 Å². The highest BCUT2D eigenvalue weighted by molar-refractivity contribution is 6.08. The quantitative estimate of drug-likeness (QED) is 0.493. The Kier molecular flexibility index (Phi) is 7.75. The first-order valence-electron chi connectivity index (χ1n) is 9.47. The highest BCUT2D eigenvalue weighted by Gasteiger charge is 2.27. The molecular weight excluding hydrogens is 432 g/mol. The number of ether oxygens (including phenoxy) is 4. The SMILES string of the molecule is COC(=O)c1cn(C(=O)OC)c(C#N)c1/C=C/c1c(C)cc(C)c(C(=O)OC)c1C(=O)OC. The van der Waals surface area contributed by atoms with Crippen molar-refractivity contribution in [2.75, 3.05) is 28.4 Å². The largest absolute Gasteiger partial charge is 0.465 e. The average Bonchev–Trinajstić information content (AvgIpc) is 3.19. The molecule has 0 N–H and O–H groups in total. The first-order valence-corrected chi connectivity index (χ1v) is 9.47. The fourth-order valence-corrected chi connectivity index (χ4v) is 3.38. The Balaban J connectivity index is 2.86. The molecule has 1 heterocycles. The highest BCUT2D eigenvalue weighted by atomic mass is 16.5. The molecule has 2 rings (SSSR count). The number of hydrogen-bond acceptors (Lipinski definition) is 9. The molecule has 10 heteroatoms. The van der Waals surface area contributed by atoms with Gasteiger partial charge in [0.05, 0.1) is 45.1 Å². The van der Waals surface area contributed by atoms with Gasteiger partial charge in [0, 0.05) is 11.8 Å². The van der Waals surface area contributed by atoms with Gasteiger partial charge in [-0.25, -0.2) is 23.7 Å². The van der Waals surface area contributed by atoms with Crippen molar-refractivity contribution in [3.8, 4) is 6.07 Å². The number of carbonyl (C=O) groups excluding carboxylic acids is 4. The lowest BCUT2D eigenvalue weighted by atomic mass is 9.91. The van der Waals surface area contributed by atoms with Gasteiger partial charge in [-0.05, 0) is 30.5 Å². The first-order chi connectivity index (χ1) is 15.7. The zero-order valence-electron chi connectivity index (χ0n) is 19.0. The van der Waals surface area contributed by atoms with E-state index in [1.807, 2.05) is 6.07 Å². The monoisotopic (exact) mass is 454 g/mol. The second-order valence-electron chi connectivity index (χ2n) is 6.74. The number of hydrogen-bond donors (Lipinski definition) is 0. The lowest BCUT2D eigenvalue weighted by molar-refractivity contribution is 0.0554. The topological polar surface area (TPSA) is 134 Å². The normalized spacial score (nSPS) is 10.5. The van der Waals surface area contributed by atoms with Crippen LogP contribution in [-0.2, 0) is 18.9 Å². The maximum Gasteiger partial charge on any atom is 0.418 e. The highest BCUT2D eigenvalue weighted by Crippen LogP contribution is 2.28. The molecule has 0 saturated heterocycles. The summed E-state index contributed by atoms with van der Waals surface area (Å²) in [5.41, 5.74) is 1.20. The zero-order chi connectivity index (χ0) is 24.9. The average molecular weight is 454 g/mol. The van der Waals surface area contributed by atoms with E-state index in [4.69, 9.17) is 14.2 Å². The molecule has 0 spiro atoms. The van der Waals surface area contributed by atoms with Crippen molar-refractivity contribution in [2.45, 2.75) is 13.8 Å². The summed E-state index contributed by atoms with van der Waals surface area (Å²) in [5, 5.41) is 9.63. The Morgan fingerprint density at radius 1 is 0.818 bits per heavy atom. The van der Waals surface area contributed by atoms with E-state index < -0.39 is 24.0 Å². The fourth-order valence-electron chi connectivity index (χ4n) is 3.38. The third kappa shape index (κ3) is 4.62. The molecule has 1 aromatic heterocycles. The van der Waals surface area contributed by atoms with E-state index in [1.165, 1.54) is 26.4 Å². The van der Waals surface area contributed by atoms with Crippen LogP contribution in [0.2, 0.25) is 0 Å². The van der Waals surface area contributed by atoms with Crippen LogP contribution in [-0.4, -0.2) is 57.0 Å². The van der Waals surface area contributed by atoms with Crippen molar-refractivity contribution >= 4 is 36.2 Å². The molecule has 1 aromatic carbocycles. The van der Waals surface area contributed by atoms with Crippen LogP contribution < -0.4 is 0 Å². The van der Waals surface area contributed by atoms with Gasteiger partial charge >= 0.3 is 24.0 Å². The Hall–Kier alpha value is -4.39. The van der Waals surface area contributed by atoms with Gasteiger partial charge in [0.1, 0.15) is 11.8 Å². The molecule has 0 atom stereocenters. The molecule has 10 nitrogen and oxygen atoms in total. The molecule has 0 aliphatic heterocycles. The number of rotatable bonds is 5. The Labute approximate surface area is 189 Å². The van der Waals surface area contributed by atoms with Crippen LogP contribution in [0, 0.1) is 25.2 Å². The molecular formula is C23H22N2O8. The number of benzene rings is 1. The predicted octanol–water partition coefficient (Wildman–Crippen LogP) is 3.12. The van der Waals surface area contributed by atoms with Crippen molar-refractivity contribution in [3.05, 3.63) is 56.9 Å². The van der Waals surface area contributed by atoms with Crippen LogP contribution in [0.3, 0.4) is 0 Å². The minimum atomic E-state index is -0.883. The minimum Gasteiger partial charge on any atom is -0.465 e. The maximum atomic E-state index is 12.6. The fraction of sp³-hybridized carbons (Fsp3) is 0.261. The third-order valence-corrected chi connectivity index (χ3v) is 4.89. The zero-order valence-corrected chi connectivity index (χ0v) is 19.0. The number of nitriles is 1. The lowest BCUT2D eigenvalue weighted by Crippen LogP contribution is -2.16. The Bertz CT molecular complexity index is 1210. The molecule has 172 valence electrons. The van der Waals surface area contributed by atoms with Crippen LogP contribution >= 0.6 is 0 Å². The van der Waals surface area contributed by atoms with Crippen molar-refractivity contribution < 1.29 is 38.1 Å². The van der Waals surface area contributed by atoms with E-state index in [0.717, 1.165) is 25.0 Å². The third-order valence-electron chi connectivity index (χ3n) is 4.89. The summed E-state index contributed by atoms with van der Waals surface area (Å²) in [6.07, 6.45) is 3.05. The predicted molar refractivity (Wildman–Crippen MR) is 116 cm³/mol.